The molecule has 4 rings (SSSR count). The number of nitrogens with one attached hydrogen (secondary N) is 2. The fourth-order valence-corrected chi connectivity index (χ4v) is 4.30. The Kier molecular flexibility index (Phi) is 6.31. The van der Waals surface area contributed by atoms with Gasteiger partial charge in [-0.25, -0.2) is 4.79 Å². The van der Waals surface area contributed by atoms with Crippen LogP contribution in [0, 0.1) is 0 Å². The van der Waals surface area contributed by atoms with E-state index in [1.165, 1.54) is 10.9 Å². The topological polar surface area (TPSA) is 51.4 Å². The summed E-state index contributed by atoms with van der Waals surface area (Å²) in [5, 5.41) is 4.25. The lowest BCUT2D eigenvalue weighted by Gasteiger charge is -2.32. The summed E-state index contributed by atoms with van der Waals surface area (Å²) >= 11 is 0. The van der Waals surface area contributed by atoms with Gasteiger partial charge in [0.15, 0.2) is 0 Å². The van der Waals surface area contributed by atoms with Gasteiger partial charge in [-0.1, -0.05) is 31.2 Å². The number of rotatable bonds is 6. The first-order valence-electron chi connectivity index (χ1n) is 11.3. The summed E-state index contributed by atoms with van der Waals surface area (Å²) in [5.41, 5.74) is 4.10. The Morgan fingerprint density at radius 3 is 2.71 bits per heavy atom. The summed E-state index contributed by atoms with van der Waals surface area (Å²) in [7, 11) is 0. The van der Waals surface area contributed by atoms with E-state index in [0.717, 1.165) is 36.3 Å². The molecule has 0 radical (unpaired) electrons. The summed E-state index contributed by atoms with van der Waals surface area (Å²) in [6.45, 7) is 8.17. The van der Waals surface area contributed by atoms with Gasteiger partial charge in [-0.2, -0.15) is 0 Å². The fourth-order valence-electron chi connectivity index (χ4n) is 4.30. The number of nitrogens with zero attached hydrogens (tertiary/aromatic N) is 2. The molecule has 31 heavy (non-hydrogen) atoms. The molecule has 0 saturated heterocycles. The van der Waals surface area contributed by atoms with Crippen LogP contribution in [0.1, 0.15) is 45.1 Å². The number of allylic oxidation sites excluding steroid dienone is 1. The monoisotopic (exact) mass is 416 g/mol. The van der Waals surface area contributed by atoms with Crippen molar-refractivity contribution in [1.29, 1.82) is 0 Å². The third-order valence-electron chi connectivity index (χ3n) is 6.36. The molecule has 2 amide bonds. The second-order valence-electron chi connectivity index (χ2n) is 8.25. The normalized spacial score (nSPS) is 17.0. The smallest absolute Gasteiger partial charge is 0.326 e. The Labute approximate surface area is 184 Å². The predicted octanol–water partition coefficient (Wildman–Crippen LogP) is 6.33. The Bertz CT molecular complexity index is 1060. The molecular formula is C26H32N4O. The van der Waals surface area contributed by atoms with E-state index >= 15 is 0 Å². The zero-order chi connectivity index (χ0) is 21.8. The number of carbonyl (C=O) groups is 1. The van der Waals surface area contributed by atoms with Crippen molar-refractivity contribution in [3.05, 3.63) is 72.6 Å². The molecule has 2 heterocycles. The van der Waals surface area contributed by atoms with Crippen molar-refractivity contribution in [3.8, 4) is 0 Å². The third kappa shape index (κ3) is 4.46. The van der Waals surface area contributed by atoms with Gasteiger partial charge in [0.25, 0.3) is 0 Å². The van der Waals surface area contributed by atoms with Crippen LogP contribution in [-0.2, 0) is 0 Å². The highest BCUT2D eigenvalue weighted by atomic mass is 16.2. The summed E-state index contributed by atoms with van der Waals surface area (Å²) in [5.74, 6) is 0.386. The number of H-pyrrole nitrogens is 1. The highest BCUT2D eigenvalue weighted by Crippen LogP contribution is 2.33. The van der Waals surface area contributed by atoms with E-state index in [1.54, 1.807) is 4.90 Å². The molecule has 5 heteroatoms. The average molecular weight is 417 g/mol. The average Bonchev–Trinajstić information content (AvgIpc) is 3.23. The Hall–Kier alpha value is -3.21. The van der Waals surface area contributed by atoms with Gasteiger partial charge in [-0.05, 0) is 68.8 Å². The van der Waals surface area contributed by atoms with Gasteiger partial charge in [0.2, 0.25) is 0 Å². The van der Waals surface area contributed by atoms with Crippen LogP contribution in [-0.4, -0.2) is 35.0 Å². The predicted molar refractivity (Wildman–Crippen MR) is 130 cm³/mol. The van der Waals surface area contributed by atoms with E-state index in [9.17, 15) is 4.79 Å². The molecule has 0 aliphatic carbocycles. The van der Waals surface area contributed by atoms with E-state index in [2.05, 4.69) is 53.6 Å². The number of fused-ring (bicyclic) bond motifs is 1. The van der Waals surface area contributed by atoms with Gasteiger partial charge in [-0.15, -0.1) is 0 Å². The minimum Gasteiger partial charge on any atom is -0.375 e. The first-order chi connectivity index (χ1) is 15.1. The van der Waals surface area contributed by atoms with Crippen LogP contribution in [0.25, 0.3) is 10.9 Å². The van der Waals surface area contributed by atoms with Crippen molar-refractivity contribution in [2.45, 2.75) is 45.6 Å². The molecule has 2 atom stereocenters. The van der Waals surface area contributed by atoms with Gasteiger partial charge in [0.05, 0.1) is 0 Å². The molecule has 1 aliphatic heterocycles. The molecule has 2 N–H and O–H groups in total. The molecule has 2 aromatic carbocycles. The molecule has 1 aliphatic rings. The molecule has 0 fully saturated rings. The van der Waals surface area contributed by atoms with Crippen molar-refractivity contribution in [3.63, 3.8) is 0 Å². The van der Waals surface area contributed by atoms with Crippen LogP contribution in [0.2, 0.25) is 0 Å². The first-order valence-corrected chi connectivity index (χ1v) is 11.3. The minimum absolute atomic E-state index is 0.119. The molecule has 0 bridgehead atoms. The lowest BCUT2D eigenvalue weighted by molar-refractivity contribution is 0.257. The van der Waals surface area contributed by atoms with E-state index in [4.69, 9.17) is 0 Å². The number of hydrogen-bond acceptors (Lipinski definition) is 2. The van der Waals surface area contributed by atoms with Gasteiger partial charge in [-0.3, -0.25) is 4.90 Å². The number of aromatic nitrogens is 1. The Morgan fingerprint density at radius 1 is 1.23 bits per heavy atom. The standard InChI is InChI=1S/C26H32N4O/c1-4-19(3)29-15-13-20(14-16-29)24-18-27-25-12-11-21(17-23(24)25)28-26(31)30(5-2)22-9-7-6-8-10-22/h6-13,15,17-20,27H,4-5,14,16H2,1-3H3,(H,28,31). The summed E-state index contributed by atoms with van der Waals surface area (Å²) in [4.78, 5) is 20.5. The number of carbonyl (C=O) groups excluding carboxylic acids is 1. The zero-order valence-corrected chi connectivity index (χ0v) is 18.6. The van der Waals surface area contributed by atoms with Crippen molar-refractivity contribution in [2.75, 3.05) is 23.3 Å². The quantitative estimate of drug-likeness (QED) is 0.493. The number of amides is 2. The number of hydrogen-bond donors (Lipinski definition) is 2. The highest BCUT2D eigenvalue weighted by Gasteiger charge is 2.21. The van der Waals surface area contributed by atoms with Crippen LogP contribution in [0.4, 0.5) is 16.2 Å². The molecule has 0 spiro atoms. The van der Waals surface area contributed by atoms with E-state index in [1.807, 2.05) is 49.4 Å². The van der Waals surface area contributed by atoms with Gasteiger partial charge in [0, 0.05) is 53.5 Å². The lowest BCUT2D eigenvalue weighted by Crippen LogP contribution is -2.34. The molecule has 5 nitrogen and oxygen atoms in total. The Morgan fingerprint density at radius 2 is 2.03 bits per heavy atom. The number of aromatic amines is 1. The van der Waals surface area contributed by atoms with Crippen LogP contribution >= 0.6 is 0 Å². The largest absolute Gasteiger partial charge is 0.375 e. The molecule has 162 valence electrons. The highest BCUT2D eigenvalue weighted by molar-refractivity contribution is 6.03. The van der Waals surface area contributed by atoms with Crippen LogP contribution in [0.3, 0.4) is 0 Å². The van der Waals surface area contributed by atoms with E-state index < -0.39 is 0 Å². The van der Waals surface area contributed by atoms with Gasteiger partial charge < -0.3 is 15.2 Å². The van der Waals surface area contributed by atoms with Crippen molar-refractivity contribution >= 4 is 28.3 Å². The maximum absolute atomic E-state index is 12.9. The molecule has 1 aromatic heterocycles. The SMILES string of the molecule is CCC(C)N1C=CC(c2c[nH]c3ccc(NC(=O)N(CC)c4ccccc4)cc23)CC1. The van der Waals surface area contributed by atoms with Crippen LogP contribution < -0.4 is 10.2 Å². The number of urea groups is 1. The van der Waals surface area contributed by atoms with Crippen molar-refractivity contribution in [1.82, 2.24) is 9.88 Å². The fraction of sp³-hybridized carbons (Fsp3) is 0.346. The Balaban J connectivity index is 1.54. The second-order valence-corrected chi connectivity index (χ2v) is 8.25. The summed E-state index contributed by atoms with van der Waals surface area (Å²) in [6.07, 6.45) is 8.95. The third-order valence-corrected chi connectivity index (χ3v) is 6.36. The van der Waals surface area contributed by atoms with Crippen molar-refractivity contribution in [2.24, 2.45) is 0 Å². The van der Waals surface area contributed by atoms with Crippen LogP contribution in [0.15, 0.2) is 67.0 Å². The maximum Gasteiger partial charge on any atom is 0.326 e. The molecule has 0 saturated carbocycles. The number of benzene rings is 2. The van der Waals surface area contributed by atoms with Crippen LogP contribution in [0.5, 0.6) is 0 Å². The second kappa shape index (κ2) is 9.29. The first kappa shape index (κ1) is 21.0. The lowest BCUT2D eigenvalue weighted by atomic mass is 9.92. The van der Waals surface area contributed by atoms with E-state index in [0.29, 0.717) is 18.5 Å². The van der Waals surface area contributed by atoms with Gasteiger partial charge in [0.1, 0.15) is 0 Å². The van der Waals surface area contributed by atoms with Gasteiger partial charge >= 0.3 is 6.03 Å². The maximum atomic E-state index is 12.9. The number of anilines is 2. The van der Waals surface area contributed by atoms with Crippen molar-refractivity contribution < 1.29 is 4.79 Å². The molecule has 3 aromatic rings. The molecular weight excluding hydrogens is 384 g/mol. The summed E-state index contributed by atoms with van der Waals surface area (Å²) in [6, 6.07) is 16.3. The van der Waals surface area contributed by atoms with E-state index in [-0.39, 0.29) is 6.03 Å². The summed E-state index contributed by atoms with van der Waals surface area (Å²) < 4.78 is 0. The molecule has 2 unspecified atom stereocenters. The zero-order valence-electron chi connectivity index (χ0n) is 18.6. The number of para-hydroxylation sites is 1. The minimum atomic E-state index is -0.119.